The van der Waals surface area contributed by atoms with Crippen molar-refractivity contribution in [2.45, 2.75) is 4.90 Å². The molecule has 0 aliphatic carbocycles. The lowest BCUT2D eigenvalue weighted by molar-refractivity contribution is 0.184. The van der Waals surface area contributed by atoms with Crippen molar-refractivity contribution in [2.75, 3.05) is 31.5 Å². The maximum absolute atomic E-state index is 13.6. The Hall–Kier alpha value is -2.52. The fourth-order valence-electron chi connectivity index (χ4n) is 2.64. The molecule has 3 rings (SSSR count). The Morgan fingerprint density at radius 1 is 0.923 bits per heavy atom. The molecule has 1 fully saturated rings. The fourth-order valence-corrected chi connectivity index (χ4v) is 4.07. The summed E-state index contributed by atoms with van der Waals surface area (Å²) in [7, 11) is -3.75. The Labute approximate surface area is 150 Å². The number of hydrogen-bond donors (Lipinski definition) is 1. The van der Waals surface area contributed by atoms with E-state index in [4.69, 9.17) is 0 Å². The SMILES string of the molecule is O=C(Nc1ccccc1F)N1CCN(S(=O)(=O)c2ccc(F)cc2)CC1. The lowest BCUT2D eigenvalue weighted by Crippen LogP contribution is -2.51. The van der Waals surface area contributed by atoms with Gasteiger partial charge in [-0.2, -0.15) is 4.31 Å². The smallest absolute Gasteiger partial charge is 0.322 e. The molecule has 0 unspecified atom stereocenters. The highest BCUT2D eigenvalue weighted by Crippen LogP contribution is 2.19. The van der Waals surface area contributed by atoms with Crippen LogP contribution in [0.2, 0.25) is 0 Å². The predicted octanol–water partition coefficient (Wildman–Crippen LogP) is 2.50. The number of urea groups is 1. The van der Waals surface area contributed by atoms with Gasteiger partial charge in [-0.1, -0.05) is 12.1 Å². The van der Waals surface area contributed by atoms with Gasteiger partial charge in [0.25, 0.3) is 0 Å². The minimum Gasteiger partial charge on any atom is -0.322 e. The van der Waals surface area contributed by atoms with Crippen LogP contribution in [-0.2, 0) is 10.0 Å². The van der Waals surface area contributed by atoms with Gasteiger partial charge in [-0.25, -0.2) is 22.0 Å². The Morgan fingerprint density at radius 3 is 2.15 bits per heavy atom. The maximum atomic E-state index is 13.6. The van der Waals surface area contributed by atoms with Gasteiger partial charge in [-0.3, -0.25) is 0 Å². The molecule has 2 aromatic carbocycles. The van der Waals surface area contributed by atoms with E-state index in [1.165, 1.54) is 39.5 Å². The van der Waals surface area contributed by atoms with Crippen molar-refractivity contribution in [3.05, 3.63) is 60.2 Å². The molecule has 138 valence electrons. The van der Waals surface area contributed by atoms with E-state index in [1.54, 1.807) is 6.07 Å². The number of halogens is 2. The molecule has 0 aromatic heterocycles. The molecule has 0 spiro atoms. The van der Waals surface area contributed by atoms with E-state index in [0.29, 0.717) is 0 Å². The number of nitrogens with one attached hydrogen (secondary N) is 1. The molecule has 9 heteroatoms. The first-order valence-corrected chi connectivity index (χ1v) is 9.38. The summed E-state index contributed by atoms with van der Waals surface area (Å²) in [6, 6.07) is 9.91. The van der Waals surface area contributed by atoms with Gasteiger partial charge < -0.3 is 10.2 Å². The second kappa shape index (κ2) is 7.38. The molecule has 26 heavy (non-hydrogen) atoms. The van der Waals surface area contributed by atoms with Gasteiger partial charge in [0.1, 0.15) is 11.6 Å². The molecule has 0 saturated carbocycles. The number of benzene rings is 2. The molecule has 1 saturated heterocycles. The van der Waals surface area contributed by atoms with Gasteiger partial charge in [0.2, 0.25) is 10.0 Å². The van der Waals surface area contributed by atoms with Crippen LogP contribution in [0.4, 0.5) is 19.3 Å². The predicted molar refractivity (Wildman–Crippen MR) is 92.2 cm³/mol. The summed E-state index contributed by atoms with van der Waals surface area (Å²) in [5.74, 6) is -1.06. The van der Waals surface area contributed by atoms with E-state index >= 15 is 0 Å². The zero-order valence-electron chi connectivity index (χ0n) is 13.7. The largest absolute Gasteiger partial charge is 0.322 e. The van der Waals surface area contributed by atoms with E-state index in [2.05, 4.69) is 5.32 Å². The monoisotopic (exact) mass is 381 g/mol. The molecule has 0 bridgehead atoms. The second-order valence-corrected chi connectivity index (χ2v) is 7.69. The van der Waals surface area contributed by atoms with Crippen LogP contribution in [0.25, 0.3) is 0 Å². The third-order valence-electron chi connectivity index (χ3n) is 4.09. The van der Waals surface area contributed by atoms with Gasteiger partial charge in [0.05, 0.1) is 10.6 Å². The van der Waals surface area contributed by atoms with E-state index in [9.17, 15) is 22.0 Å². The normalized spacial score (nSPS) is 15.7. The quantitative estimate of drug-likeness (QED) is 0.888. The molecule has 1 heterocycles. The van der Waals surface area contributed by atoms with Crippen molar-refractivity contribution in [2.24, 2.45) is 0 Å². The molecule has 1 N–H and O–H groups in total. The van der Waals surface area contributed by atoms with Gasteiger partial charge in [-0.05, 0) is 36.4 Å². The lowest BCUT2D eigenvalue weighted by atomic mass is 10.3. The van der Waals surface area contributed by atoms with Crippen LogP contribution in [-0.4, -0.2) is 49.8 Å². The summed E-state index contributed by atoms with van der Waals surface area (Å²) in [5.41, 5.74) is 0.0684. The zero-order chi connectivity index (χ0) is 18.7. The van der Waals surface area contributed by atoms with Crippen LogP contribution < -0.4 is 5.32 Å². The topological polar surface area (TPSA) is 69.7 Å². The number of para-hydroxylation sites is 1. The average molecular weight is 381 g/mol. The summed E-state index contributed by atoms with van der Waals surface area (Å²) in [5, 5.41) is 2.47. The van der Waals surface area contributed by atoms with Gasteiger partial charge in [0, 0.05) is 26.2 Å². The molecule has 1 aliphatic heterocycles. The van der Waals surface area contributed by atoms with E-state index < -0.39 is 27.7 Å². The van der Waals surface area contributed by atoms with Crippen molar-refractivity contribution in [1.29, 1.82) is 0 Å². The molecule has 0 atom stereocenters. The van der Waals surface area contributed by atoms with Crippen molar-refractivity contribution >= 4 is 21.7 Å². The number of anilines is 1. The lowest BCUT2D eigenvalue weighted by Gasteiger charge is -2.34. The fraction of sp³-hybridized carbons (Fsp3) is 0.235. The minimum atomic E-state index is -3.75. The van der Waals surface area contributed by atoms with Crippen molar-refractivity contribution in [3.8, 4) is 0 Å². The van der Waals surface area contributed by atoms with E-state index in [1.807, 2.05) is 0 Å². The van der Waals surface area contributed by atoms with Crippen LogP contribution in [0, 0.1) is 11.6 Å². The standard InChI is InChI=1S/C17H17F2N3O3S/c18-13-5-7-14(8-6-13)26(24,25)22-11-9-21(10-12-22)17(23)20-16-4-2-1-3-15(16)19/h1-8H,9-12H2,(H,20,23). The van der Waals surface area contributed by atoms with E-state index in [-0.39, 0.29) is 36.8 Å². The highest BCUT2D eigenvalue weighted by atomic mass is 32.2. The summed E-state index contributed by atoms with van der Waals surface area (Å²) >= 11 is 0. The van der Waals surface area contributed by atoms with Crippen LogP contribution in [0.3, 0.4) is 0 Å². The van der Waals surface area contributed by atoms with Crippen molar-refractivity contribution in [1.82, 2.24) is 9.21 Å². The number of nitrogens with zero attached hydrogens (tertiary/aromatic N) is 2. The number of piperazine rings is 1. The third-order valence-corrected chi connectivity index (χ3v) is 6.01. The molecule has 2 amide bonds. The first kappa shape index (κ1) is 18.3. The number of hydrogen-bond acceptors (Lipinski definition) is 3. The Bertz CT molecular complexity index is 896. The maximum Gasteiger partial charge on any atom is 0.322 e. The van der Waals surface area contributed by atoms with Crippen LogP contribution in [0.5, 0.6) is 0 Å². The zero-order valence-corrected chi connectivity index (χ0v) is 14.5. The minimum absolute atomic E-state index is 0.00292. The first-order chi connectivity index (χ1) is 12.4. The molecular formula is C17H17F2N3O3S. The highest BCUT2D eigenvalue weighted by molar-refractivity contribution is 7.89. The molecule has 0 radical (unpaired) electrons. The molecule has 2 aromatic rings. The summed E-state index contributed by atoms with van der Waals surface area (Å²) in [6.07, 6.45) is 0. The van der Waals surface area contributed by atoms with Crippen molar-refractivity contribution in [3.63, 3.8) is 0 Å². The summed E-state index contributed by atoms with van der Waals surface area (Å²) in [4.78, 5) is 13.6. The number of sulfonamides is 1. The average Bonchev–Trinajstić information content (AvgIpc) is 2.64. The molecule has 6 nitrogen and oxygen atoms in total. The van der Waals surface area contributed by atoms with Crippen molar-refractivity contribution < 1.29 is 22.0 Å². The molecular weight excluding hydrogens is 364 g/mol. The van der Waals surface area contributed by atoms with E-state index in [0.717, 1.165) is 12.1 Å². The Kier molecular flexibility index (Phi) is 5.19. The highest BCUT2D eigenvalue weighted by Gasteiger charge is 2.30. The number of rotatable bonds is 3. The summed E-state index contributed by atoms with van der Waals surface area (Å²) < 4.78 is 52.9. The number of carbonyl (C=O) groups is 1. The second-order valence-electron chi connectivity index (χ2n) is 5.76. The van der Waals surface area contributed by atoms with Gasteiger partial charge in [0.15, 0.2) is 0 Å². The van der Waals surface area contributed by atoms with Crippen LogP contribution in [0.1, 0.15) is 0 Å². The number of amides is 2. The molecule has 1 aliphatic rings. The summed E-state index contributed by atoms with van der Waals surface area (Å²) in [6.45, 7) is 0.538. The number of carbonyl (C=O) groups excluding carboxylic acids is 1. The Morgan fingerprint density at radius 2 is 1.54 bits per heavy atom. The first-order valence-electron chi connectivity index (χ1n) is 7.94. The van der Waals surface area contributed by atoms with Gasteiger partial charge in [-0.15, -0.1) is 0 Å². The van der Waals surface area contributed by atoms with Gasteiger partial charge >= 0.3 is 6.03 Å². The Balaban J connectivity index is 1.62. The van der Waals surface area contributed by atoms with Crippen LogP contribution >= 0.6 is 0 Å². The third kappa shape index (κ3) is 3.83. The van der Waals surface area contributed by atoms with Crippen LogP contribution in [0.15, 0.2) is 53.4 Å².